The van der Waals surface area contributed by atoms with E-state index in [1.807, 2.05) is 0 Å². The molecule has 0 saturated heterocycles. The van der Waals surface area contributed by atoms with Crippen molar-refractivity contribution in [1.82, 2.24) is 10.0 Å². The smallest absolute Gasteiger partial charge is 0.393 e. The Morgan fingerprint density at radius 1 is 1.21 bits per heavy atom. The lowest BCUT2D eigenvalue weighted by molar-refractivity contribution is -0.187. The Hall–Kier alpha value is -1.81. The number of halogens is 3. The number of rotatable bonds is 6. The molecule has 28 heavy (non-hydrogen) atoms. The summed E-state index contributed by atoms with van der Waals surface area (Å²) in [5.41, 5.74) is -0.0450. The quantitative estimate of drug-likeness (QED) is 0.737. The summed E-state index contributed by atoms with van der Waals surface area (Å²) in [4.78, 5) is 12.3. The van der Waals surface area contributed by atoms with Gasteiger partial charge in [-0.15, -0.1) is 0 Å². The summed E-state index contributed by atoms with van der Waals surface area (Å²) >= 11 is 0. The summed E-state index contributed by atoms with van der Waals surface area (Å²) in [5, 5.41) is 2.43. The second-order valence-electron chi connectivity index (χ2n) is 7.15. The van der Waals surface area contributed by atoms with Crippen LogP contribution in [0.3, 0.4) is 0 Å². The van der Waals surface area contributed by atoms with Crippen LogP contribution in [0, 0.1) is 5.92 Å². The fourth-order valence-electron chi connectivity index (χ4n) is 3.35. The zero-order valence-corrected chi connectivity index (χ0v) is 16.8. The fourth-order valence-corrected chi connectivity index (χ4v) is 4.79. The number of sulfonamides is 1. The van der Waals surface area contributed by atoms with Crippen molar-refractivity contribution >= 4 is 15.9 Å². The summed E-state index contributed by atoms with van der Waals surface area (Å²) in [6.45, 7) is 3.28. The van der Waals surface area contributed by atoms with Crippen molar-refractivity contribution in [3.05, 3.63) is 23.8 Å². The largest absolute Gasteiger partial charge is 0.495 e. The zero-order chi connectivity index (χ0) is 21.1. The summed E-state index contributed by atoms with van der Waals surface area (Å²) in [6, 6.07) is 2.34. The topological polar surface area (TPSA) is 84.5 Å². The first-order valence-corrected chi connectivity index (χ1v) is 10.5. The average Bonchev–Trinajstić information content (AvgIpc) is 2.59. The molecule has 1 saturated carbocycles. The molecule has 1 aromatic rings. The number of hydrogen-bond acceptors (Lipinski definition) is 4. The third-order valence-electron chi connectivity index (χ3n) is 4.61. The second-order valence-corrected chi connectivity index (χ2v) is 8.84. The van der Waals surface area contributed by atoms with E-state index in [2.05, 4.69) is 10.0 Å². The molecule has 6 nitrogen and oxygen atoms in total. The van der Waals surface area contributed by atoms with Gasteiger partial charge in [-0.25, -0.2) is 13.1 Å². The van der Waals surface area contributed by atoms with Gasteiger partial charge in [0, 0.05) is 17.6 Å². The second kappa shape index (κ2) is 8.69. The Labute approximate surface area is 162 Å². The van der Waals surface area contributed by atoms with Gasteiger partial charge in [-0.05, 0) is 44.9 Å². The number of alkyl halides is 3. The number of methoxy groups -OCH3 is 1. The van der Waals surface area contributed by atoms with E-state index >= 15 is 0 Å². The molecule has 0 bridgehead atoms. The minimum atomic E-state index is -4.39. The number of amides is 1. The van der Waals surface area contributed by atoms with Crippen LogP contribution >= 0.6 is 0 Å². The molecular formula is C18H25F3N2O4S. The van der Waals surface area contributed by atoms with Crippen molar-refractivity contribution in [3.63, 3.8) is 0 Å². The van der Waals surface area contributed by atoms with Crippen molar-refractivity contribution in [2.24, 2.45) is 5.92 Å². The van der Waals surface area contributed by atoms with Crippen LogP contribution in [0.25, 0.3) is 0 Å². The normalized spacial score (nSPS) is 20.8. The van der Waals surface area contributed by atoms with Crippen molar-refractivity contribution in [1.29, 1.82) is 0 Å². The van der Waals surface area contributed by atoms with E-state index in [-0.39, 0.29) is 35.1 Å². The maximum atomic E-state index is 13.2. The zero-order valence-electron chi connectivity index (χ0n) is 16.0. The summed E-state index contributed by atoms with van der Waals surface area (Å²) in [6.07, 6.45) is -3.14. The molecule has 2 unspecified atom stereocenters. The maximum Gasteiger partial charge on any atom is 0.393 e. The predicted octanol–water partition coefficient (Wildman–Crippen LogP) is 3.23. The van der Waals surface area contributed by atoms with E-state index in [9.17, 15) is 26.4 Å². The average molecular weight is 422 g/mol. The van der Waals surface area contributed by atoms with E-state index in [1.165, 1.54) is 19.2 Å². The molecule has 0 spiro atoms. The van der Waals surface area contributed by atoms with Gasteiger partial charge >= 0.3 is 6.18 Å². The van der Waals surface area contributed by atoms with Gasteiger partial charge in [0.2, 0.25) is 10.0 Å². The monoisotopic (exact) mass is 422 g/mol. The molecule has 2 atom stereocenters. The summed E-state index contributed by atoms with van der Waals surface area (Å²) in [7, 11) is -2.67. The number of hydrogen-bond donors (Lipinski definition) is 2. The van der Waals surface area contributed by atoms with E-state index in [1.54, 1.807) is 13.8 Å². The van der Waals surface area contributed by atoms with Crippen LogP contribution < -0.4 is 14.8 Å². The van der Waals surface area contributed by atoms with E-state index in [4.69, 9.17) is 4.74 Å². The lowest BCUT2D eigenvalue weighted by Crippen LogP contribution is -2.47. The lowest BCUT2D eigenvalue weighted by Gasteiger charge is -2.33. The molecule has 1 fully saturated rings. The Kier molecular flexibility index (Phi) is 6.97. The highest BCUT2D eigenvalue weighted by molar-refractivity contribution is 7.89. The Morgan fingerprint density at radius 2 is 1.86 bits per heavy atom. The van der Waals surface area contributed by atoms with Gasteiger partial charge in [0.15, 0.2) is 0 Å². The third-order valence-corrected chi connectivity index (χ3v) is 6.29. The number of nitrogens with one attached hydrogen (secondary N) is 2. The van der Waals surface area contributed by atoms with Crippen molar-refractivity contribution in [2.45, 2.75) is 62.7 Å². The van der Waals surface area contributed by atoms with E-state index in [0.717, 1.165) is 6.07 Å². The molecule has 2 rings (SSSR count). The predicted molar refractivity (Wildman–Crippen MR) is 97.7 cm³/mol. The van der Waals surface area contributed by atoms with Crippen LogP contribution in [0.15, 0.2) is 23.1 Å². The number of carbonyl (C=O) groups excluding carboxylic acids is 1. The van der Waals surface area contributed by atoms with Crippen molar-refractivity contribution < 1.29 is 31.1 Å². The molecule has 1 amide bonds. The molecule has 158 valence electrons. The van der Waals surface area contributed by atoms with E-state index < -0.39 is 34.1 Å². The Balaban J connectivity index is 2.30. The molecule has 2 N–H and O–H groups in total. The van der Waals surface area contributed by atoms with Gasteiger partial charge < -0.3 is 10.1 Å². The lowest BCUT2D eigenvalue weighted by atomic mass is 9.84. The standard InChI is InChI=1S/C18H25F3N2O4S/c1-11(2)23-28(25,26)16-10-12(8-9-15(16)27-3)17(24)22-14-7-5-4-6-13(14)18(19,20)21/h8-11,13-14,23H,4-7H2,1-3H3,(H,22,24). The van der Waals surface area contributed by atoms with Gasteiger partial charge in [0.25, 0.3) is 5.91 Å². The number of benzene rings is 1. The van der Waals surface area contributed by atoms with Crippen LogP contribution in [0.5, 0.6) is 5.75 Å². The first kappa shape index (κ1) is 22.5. The fraction of sp³-hybridized carbons (Fsp3) is 0.611. The molecule has 0 aliphatic heterocycles. The van der Waals surface area contributed by atoms with Gasteiger partial charge in [-0.1, -0.05) is 12.8 Å². The van der Waals surface area contributed by atoms with Gasteiger partial charge in [-0.3, -0.25) is 4.79 Å². The SMILES string of the molecule is COc1ccc(C(=O)NC2CCCCC2C(F)(F)F)cc1S(=O)(=O)NC(C)C. The molecular weight excluding hydrogens is 397 g/mol. The summed E-state index contributed by atoms with van der Waals surface area (Å²) in [5.74, 6) is -2.31. The first-order chi connectivity index (χ1) is 13.0. The molecule has 1 aliphatic rings. The Morgan fingerprint density at radius 3 is 2.43 bits per heavy atom. The van der Waals surface area contributed by atoms with Crippen LogP contribution in [0.2, 0.25) is 0 Å². The maximum absolute atomic E-state index is 13.2. The highest BCUT2D eigenvalue weighted by Gasteiger charge is 2.46. The molecule has 1 aromatic carbocycles. The molecule has 10 heteroatoms. The number of ether oxygens (including phenoxy) is 1. The van der Waals surface area contributed by atoms with E-state index in [0.29, 0.717) is 12.8 Å². The van der Waals surface area contributed by atoms with Crippen molar-refractivity contribution in [2.75, 3.05) is 7.11 Å². The van der Waals surface area contributed by atoms with Crippen molar-refractivity contribution in [3.8, 4) is 5.75 Å². The van der Waals surface area contributed by atoms with Gasteiger partial charge in [0.1, 0.15) is 10.6 Å². The van der Waals surface area contributed by atoms with Crippen LogP contribution in [0.1, 0.15) is 49.9 Å². The minimum Gasteiger partial charge on any atom is -0.495 e. The highest BCUT2D eigenvalue weighted by atomic mass is 32.2. The van der Waals surface area contributed by atoms with Gasteiger partial charge in [0.05, 0.1) is 13.0 Å². The molecule has 0 radical (unpaired) electrons. The van der Waals surface area contributed by atoms with Gasteiger partial charge in [-0.2, -0.15) is 13.2 Å². The molecule has 0 heterocycles. The number of carbonyl (C=O) groups is 1. The van der Waals surface area contributed by atoms with Crippen LogP contribution in [-0.2, 0) is 10.0 Å². The highest BCUT2D eigenvalue weighted by Crippen LogP contribution is 2.38. The first-order valence-electron chi connectivity index (χ1n) is 9.03. The molecule has 1 aliphatic carbocycles. The summed E-state index contributed by atoms with van der Waals surface area (Å²) < 4.78 is 72.1. The third kappa shape index (κ3) is 5.38. The molecule has 0 aromatic heterocycles. The minimum absolute atomic E-state index is 0.0327. The van der Waals surface area contributed by atoms with Crippen LogP contribution in [0.4, 0.5) is 13.2 Å². The van der Waals surface area contributed by atoms with Crippen LogP contribution in [-0.4, -0.2) is 39.7 Å². The Bertz CT molecular complexity index is 810.